The Morgan fingerprint density at radius 1 is 1.11 bits per heavy atom. The number of hydrogen-bond acceptors (Lipinski definition) is 5. The topological polar surface area (TPSA) is 71.1 Å². The van der Waals surface area contributed by atoms with Gasteiger partial charge in [-0.1, -0.05) is 0 Å². The van der Waals surface area contributed by atoms with Gasteiger partial charge >= 0.3 is 0 Å². The van der Waals surface area contributed by atoms with Crippen molar-refractivity contribution >= 4 is 28.9 Å². The van der Waals surface area contributed by atoms with E-state index in [0.29, 0.717) is 23.7 Å². The molecule has 3 rings (SSSR count). The Balaban J connectivity index is 1.72. The van der Waals surface area contributed by atoms with Gasteiger partial charge in [0.25, 0.3) is 0 Å². The third-order valence-corrected chi connectivity index (χ3v) is 4.84. The maximum Gasteiger partial charge on any atom is 0.229 e. The van der Waals surface area contributed by atoms with Crippen LogP contribution in [0.5, 0.6) is 11.5 Å². The maximum atomic E-state index is 12.8. The average Bonchev–Trinajstić information content (AvgIpc) is 3.09. The number of anilines is 3. The maximum absolute atomic E-state index is 12.8. The summed E-state index contributed by atoms with van der Waals surface area (Å²) >= 11 is 0. The number of rotatable bonds is 6. The number of nitrogens with zero attached hydrogens (tertiary/aromatic N) is 2. The van der Waals surface area contributed by atoms with E-state index in [0.717, 1.165) is 11.4 Å². The van der Waals surface area contributed by atoms with E-state index >= 15 is 0 Å². The molecule has 148 valence electrons. The summed E-state index contributed by atoms with van der Waals surface area (Å²) in [6.07, 6.45) is 0.174. The molecule has 0 aromatic heterocycles. The standard InChI is InChI=1S/C21H25N3O4/c1-23(2)15-5-7-16(8-6-15)24-13-14(11-20(24)25)21(26)22-18-12-17(27-3)9-10-19(18)28-4/h5-10,12,14H,11,13H2,1-4H3,(H,22,26). The Hall–Kier alpha value is -3.22. The van der Waals surface area contributed by atoms with Crippen molar-refractivity contribution < 1.29 is 19.1 Å². The molecular formula is C21H25N3O4. The summed E-state index contributed by atoms with van der Waals surface area (Å²) in [5.74, 6) is 0.440. The highest BCUT2D eigenvalue weighted by Gasteiger charge is 2.35. The first-order valence-corrected chi connectivity index (χ1v) is 9.03. The fourth-order valence-corrected chi connectivity index (χ4v) is 3.21. The van der Waals surface area contributed by atoms with E-state index in [1.165, 1.54) is 7.11 Å². The van der Waals surface area contributed by atoms with Crippen molar-refractivity contribution in [3.05, 3.63) is 42.5 Å². The summed E-state index contributed by atoms with van der Waals surface area (Å²) in [6, 6.07) is 12.9. The highest BCUT2D eigenvalue weighted by molar-refractivity contribution is 6.04. The van der Waals surface area contributed by atoms with Crippen molar-refractivity contribution in [2.24, 2.45) is 5.92 Å². The summed E-state index contributed by atoms with van der Waals surface area (Å²) in [5.41, 5.74) is 2.37. The lowest BCUT2D eigenvalue weighted by Crippen LogP contribution is -2.28. The van der Waals surface area contributed by atoms with Crippen LogP contribution in [-0.2, 0) is 9.59 Å². The fourth-order valence-electron chi connectivity index (χ4n) is 3.21. The third-order valence-electron chi connectivity index (χ3n) is 4.84. The van der Waals surface area contributed by atoms with Crippen molar-refractivity contribution in [1.29, 1.82) is 0 Å². The fraction of sp³-hybridized carbons (Fsp3) is 0.333. The number of amides is 2. The molecule has 1 saturated heterocycles. The van der Waals surface area contributed by atoms with Crippen LogP contribution in [0.15, 0.2) is 42.5 Å². The number of nitrogens with one attached hydrogen (secondary N) is 1. The molecule has 1 atom stereocenters. The van der Waals surface area contributed by atoms with Crippen molar-refractivity contribution in [1.82, 2.24) is 0 Å². The van der Waals surface area contributed by atoms with E-state index in [1.54, 1.807) is 30.2 Å². The van der Waals surface area contributed by atoms with Crippen LogP contribution in [0.1, 0.15) is 6.42 Å². The molecule has 0 aliphatic carbocycles. The largest absolute Gasteiger partial charge is 0.497 e. The molecule has 1 N–H and O–H groups in total. The number of carbonyl (C=O) groups excluding carboxylic acids is 2. The van der Waals surface area contributed by atoms with Crippen LogP contribution in [-0.4, -0.2) is 46.7 Å². The lowest BCUT2D eigenvalue weighted by molar-refractivity contribution is -0.122. The van der Waals surface area contributed by atoms with Gasteiger partial charge in [0.1, 0.15) is 11.5 Å². The van der Waals surface area contributed by atoms with Crippen LogP contribution in [0.4, 0.5) is 17.1 Å². The predicted octanol–water partition coefficient (Wildman–Crippen LogP) is 2.76. The normalized spacial score (nSPS) is 16.1. The molecule has 1 aliphatic rings. The second-order valence-electron chi connectivity index (χ2n) is 6.87. The van der Waals surface area contributed by atoms with Crippen molar-refractivity contribution in [2.45, 2.75) is 6.42 Å². The molecular weight excluding hydrogens is 358 g/mol. The molecule has 1 unspecified atom stereocenters. The first-order chi connectivity index (χ1) is 13.4. The van der Waals surface area contributed by atoms with E-state index in [9.17, 15) is 9.59 Å². The van der Waals surface area contributed by atoms with E-state index in [-0.39, 0.29) is 18.2 Å². The highest BCUT2D eigenvalue weighted by Crippen LogP contribution is 2.31. The first-order valence-electron chi connectivity index (χ1n) is 9.03. The minimum atomic E-state index is -0.433. The van der Waals surface area contributed by atoms with E-state index < -0.39 is 5.92 Å². The molecule has 28 heavy (non-hydrogen) atoms. The zero-order valence-electron chi connectivity index (χ0n) is 16.6. The van der Waals surface area contributed by atoms with Gasteiger partial charge in [-0.2, -0.15) is 0 Å². The number of carbonyl (C=O) groups is 2. The summed E-state index contributed by atoms with van der Waals surface area (Å²) in [6.45, 7) is 0.345. The molecule has 7 heteroatoms. The molecule has 0 bridgehead atoms. The number of methoxy groups -OCH3 is 2. The quantitative estimate of drug-likeness (QED) is 0.831. The Morgan fingerprint density at radius 3 is 2.43 bits per heavy atom. The molecule has 1 fully saturated rings. The lowest BCUT2D eigenvalue weighted by atomic mass is 10.1. The van der Waals surface area contributed by atoms with Crippen LogP contribution in [0.2, 0.25) is 0 Å². The summed E-state index contributed by atoms with van der Waals surface area (Å²) in [4.78, 5) is 28.9. The van der Waals surface area contributed by atoms with Gasteiger partial charge in [0, 0.05) is 44.5 Å². The monoisotopic (exact) mass is 383 g/mol. The Kier molecular flexibility index (Phi) is 5.73. The lowest BCUT2D eigenvalue weighted by Gasteiger charge is -2.19. The Morgan fingerprint density at radius 2 is 1.82 bits per heavy atom. The van der Waals surface area contributed by atoms with Crippen LogP contribution in [0.25, 0.3) is 0 Å². The van der Waals surface area contributed by atoms with Crippen molar-refractivity contribution in [3.8, 4) is 11.5 Å². The smallest absolute Gasteiger partial charge is 0.229 e. The predicted molar refractivity (Wildman–Crippen MR) is 109 cm³/mol. The van der Waals surface area contributed by atoms with E-state index in [4.69, 9.17) is 9.47 Å². The van der Waals surface area contributed by atoms with Gasteiger partial charge < -0.3 is 24.6 Å². The summed E-state index contributed by atoms with van der Waals surface area (Å²) in [5, 5.41) is 2.87. The minimum absolute atomic E-state index is 0.0599. The average molecular weight is 383 g/mol. The zero-order valence-corrected chi connectivity index (χ0v) is 16.6. The van der Waals surface area contributed by atoms with Gasteiger partial charge in [-0.05, 0) is 36.4 Å². The van der Waals surface area contributed by atoms with Crippen molar-refractivity contribution in [3.63, 3.8) is 0 Å². The molecule has 7 nitrogen and oxygen atoms in total. The van der Waals surface area contributed by atoms with Crippen LogP contribution in [0, 0.1) is 5.92 Å². The van der Waals surface area contributed by atoms with Crippen LogP contribution in [0.3, 0.4) is 0 Å². The van der Waals surface area contributed by atoms with Gasteiger partial charge in [-0.15, -0.1) is 0 Å². The number of hydrogen-bond donors (Lipinski definition) is 1. The zero-order chi connectivity index (χ0) is 20.3. The first kappa shape index (κ1) is 19.5. The Bertz CT molecular complexity index is 864. The Labute approximate surface area is 164 Å². The number of ether oxygens (including phenoxy) is 2. The van der Waals surface area contributed by atoms with Crippen LogP contribution < -0.4 is 24.6 Å². The molecule has 0 radical (unpaired) electrons. The van der Waals surface area contributed by atoms with Gasteiger partial charge in [0.05, 0.1) is 25.8 Å². The third kappa shape index (κ3) is 4.03. The number of benzene rings is 2. The van der Waals surface area contributed by atoms with Gasteiger partial charge in [-0.3, -0.25) is 9.59 Å². The molecule has 2 aromatic rings. The van der Waals surface area contributed by atoms with Gasteiger partial charge in [0.2, 0.25) is 11.8 Å². The SMILES string of the molecule is COc1ccc(OC)c(NC(=O)C2CC(=O)N(c3ccc(N(C)C)cc3)C2)c1. The second-order valence-corrected chi connectivity index (χ2v) is 6.87. The summed E-state index contributed by atoms with van der Waals surface area (Å²) in [7, 11) is 7.02. The highest BCUT2D eigenvalue weighted by atomic mass is 16.5. The summed E-state index contributed by atoms with van der Waals surface area (Å²) < 4.78 is 10.5. The van der Waals surface area contributed by atoms with E-state index in [2.05, 4.69) is 5.32 Å². The molecule has 1 aliphatic heterocycles. The molecule has 1 heterocycles. The van der Waals surface area contributed by atoms with E-state index in [1.807, 2.05) is 43.3 Å². The van der Waals surface area contributed by atoms with Gasteiger partial charge in [-0.25, -0.2) is 0 Å². The minimum Gasteiger partial charge on any atom is -0.497 e. The van der Waals surface area contributed by atoms with Gasteiger partial charge in [0.15, 0.2) is 0 Å². The molecule has 2 amide bonds. The van der Waals surface area contributed by atoms with Crippen molar-refractivity contribution in [2.75, 3.05) is 50.0 Å². The molecule has 2 aromatic carbocycles. The second kappa shape index (κ2) is 8.21. The van der Waals surface area contributed by atoms with Crippen LogP contribution >= 0.6 is 0 Å². The molecule has 0 saturated carbocycles. The molecule has 0 spiro atoms.